The molecule has 1 saturated heterocycles. The summed E-state index contributed by atoms with van der Waals surface area (Å²) in [4.78, 5) is 2.45. The Morgan fingerprint density at radius 3 is 2.67 bits per heavy atom. The van der Waals surface area contributed by atoms with Gasteiger partial charge in [0.1, 0.15) is 5.75 Å². The number of nitrogens with zero attached hydrogens (tertiary/aromatic N) is 1. The molecule has 1 fully saturated rings. The Balaban J connectivity index is 2.07. The molecule has 1 heterocycles. The van der Waals surface area contributed by atoms with Crippen molar-refractivity contribution < 1.29 is 14.8 Å². The van der Waals surface area contributed by atoms with E-state index in [0.717, 1.165) is 25.2 Å². The summed E-state index contributed by atoms with van der Waals surface area (Å²) in [5.41, 5.74) is 1.96. The van der Waals surface area contributed by atoms with E-state index in [4.69, 9.17) is 4.74 Å². The summed E-state index contributed by atoms with van der Waals surface area (Å²) in [7, 11) is 0.0422. The lowest BCUT2D eigenvalue weighted by atomic mass is 9.78. The van der Waals surface area contributed by atoms with Gasteiger partial charge in [-0.15, -0.1) is 0 Å². The number of benzene rings is 1. The van der Waals surface area contributed by atoms with Gasteiger partial charge in [-0.25, -0.2) is 0 Å². The highest BCUT2D eigenvalue weighted by molar-refractivity contribution is 6.59. The molecule has 0 aromatic heterocycles. The summed E-state index contributed by atoms with van der Waals surface area (Å²) in [6.45, 7) is 7.72. The van der Waals surface area contributed by atoms with Gasteiger partial charge >= 0.3 is 7.12 Å². The van der Waals surface area contributed by atoms with Crippen LogP contribution >= 0.6 is 0 Å². The molecule has 0 radical (unpaired) electrons. The molecule has 0 bridgehead atoms. The molecular formula is C16H26BNO3. The third kappa shape index (κ3) is 4.46. The second-order valence-corrected chi connectivity index (χ2v) is 6.74. The molecule has 1 aliphatic heterocycles. The fourth-order valence-electron chi connectivity index (χ4n) is 2.98. The molecule has 0 spiro atoms. The lowest BCUT2D eigenvalue weighted by Gasteiger charge is -2.23. The van der Waals surface area contributed by atoms with Crippen LogP contribution in [0.25, 0.3) is 0 Å². The summed E-state index contributed by atoms with van der Waals surface area (Å²) in [5, 5.41) is 18.9. The van der Waals surface area contributed by atoms with E-state index in [-0.39, 0.29) is 0 Å². The van der Waals surface area contributed by atoms with Gasteiger partial charge in [0.25, 0.3) is 0 Å². The maximum Gasteiger partial charge on any atom is 0.492 e. The monoisotopic (exact) mass is 291 g/mol. The lowest BCUT2D eigenvalue weighted by Crippen LogP contribution is -2.32. The highest BCUT2D eigenvalue weighted by atomic mass is 16.5. The fourth-order valence-corrected chi connectivity index (χ4v) is 2.98. The van der Waals surface area contributed by atoms with E-state index in [2.05, 4.69) is 18.7 Å². The molecular weight excluding hydrogens is 265 g/mol. The molecule has 1 aliphatic rings. The van der Waals surface area contributed by atoms with Crippen LogP contribution in [0.1, 0.15) is 38.7 Å². The molecule has 0 atom stereocenters. The highest BCUT2D eigenvalue weighted by Crippen LogP contribution is 2.30. The first-order chi connectivity index (χ1) is 9.91. The second-order valence-electron chi connectivity index (χ2n) is 6.74. The third-order valence-corrected chi connectivity index (χ3v) is 4.41. The van der Waals surface area contributed by atoms with Gasteiger partial charge in [0.05, 0.1) is 7.11 Å². The zero-order chi connectivity index (χ0) is 15.5. The summed E-state index contributed by atoms with van der Waals surface area (Å²) in [5.74, 6) is 0.519. The van der Waals surface area contributed by atoms with Gasteiger partial charge in [0.2, 0.25) is 0 Å². The molecule has 0 saturated carbocycles. The first-order valence-corrected chi connectivity index (χ1v) is 7.66. The average molecular weight is 291 g/mol. The molecule has 2 rings (SSSR count). The van der Waals surface area contributed by atoms with Crippen molar-refractivity contribution in [1.29, 1.82) is 0 Å². The number of hydrogen-bond donors (Lipinski definition) is 2. The minimum atomic E-state index is -1.50. The van der Waals surface area contributed by atoms with E-state index < -0.39 is 7.12 Å². The van der Waals surface area contributed by atoms with Crippen molar-refractivity contribution in [2.45, 2.75) is 39.7 Å². The first kappa shape index (κ1) is 16.3. The number of hydrogen-bond acceptors (Lipinski definition) is 4. The Kier molecular flexibility index (Phi) is 5.30. The van der Waals surface area contributed by atoms with E-state index in [1.807, 2.05) is 18.2 Å². The van der Waals surface area contributed by atoms with E-state index in [9.17, 15) is 10.0 Å². The molecule has 5 heteroatoms. The zero-order valence-corrected chi connectivity index (χ0v) is 13.3. The van der Waals surface area contributed by atoms with Crippen molar-refractivity contribution >= 4 is 12.6 Å². The van der Waals surface area contributed by atoms with Gasteiger partial charge in [0, 0.05) is 12.0 Å². The second kappa shape index (κ2) is 6.82. The van der Waals surface area contributed by atoms with Crippen molar-refractivity contribution in [3.05, 3.63) is 23.8 Å². The molecule has 0 aliphatic carbocycles. The van der Waals surface area contributed by atoms with Crippen LogP contribution in [0.3, 0.4) is 0 Å². The maximum atomic E-state index is 9.44. The van der Waals surface area contributed by atoms with Gasteiger partial charge in [-0.2, -0.15) is 0 Å². The molecule has 0 unspecified atom stereocenters. The smallest absolute Gasteiger partial charge is 0.492 e. The Labute approximate surface area is 127 Å². The zero-order valence-electron chi connectivity index (χ0n) is 13.3. The third-order valence-electron chi connectivity index (χ3n) is 4.41. The van der Waals surface area contributed by atoms with Gasteiger partial charge in [-0.05, 0) is 49.4 Å². The lowest BCUT2D eigenvalue weighted by molar-refractivity contribution is 0.256. The topological polar surface area (TPSA) is 52.9 Å². The highest BCUT2D eigenvalue weighted by Gasteiger charge is 2.23. The van der Waals surface area contributed by atoms with E-state index in [1.165, 1.54) is 26.4 Å². The number of rotatable bonds is 4. The van der Waals surface area contributed by atoms with Crippen LogP contribution in [-0.2, 0) is 6.54 Å². The fraction of sp³-hybridized carbons (Fsp3) is 0.625. The van der Waals surface area contributed by atoms with E-state index >= 15 is 0 Å². The Morgan fingerprint density at radius 1 is 1.24 bits per heavy atom. The first-order valence-electron chi connectivity index (χ1n) is 7.66. The maximum absolute atomic E-state index is 9.44. The molecule has 4 nitrogen and oxygen atoms in total. The van der Waals surface area contributed by atoms with Crippen LogP contribution in [0.4, 0.5) is 0 Å². The molecule has 1 aromatic carbocycles. The van der Waals surface area contributed by atoms with Crippen LogP contribution in [0.15, 0.2) is 18.2 Å². The van der Waals surface area contributed by atoms with Crippen molar-refractivity contribution in [2.75, 3.05) is 20.2 Å². The normalized spacial score (nSPS) is 19.1. The standard InChI is InChI=1S/C16H26BNO3/c1-16(2)7-4-9-18(10-8-16)12-13-5-6-15(21-3)14(11-13)17(19)20/h5-6,11,19-20H,4,7-10,12H2,1-3H3. The quantitative estimate of drug-likeness (QED) is 0.823. The molecule has 2 N–H and O–H groups in total. The van der Waals surface area contributed by atoms with Crippen molar-refractivity contribution in [3.8, 4) is 5.75 Å². The van der Waals surface area contributed by atoms with Crippen molar-refractivity contribution in [3.63, 3.8) is 0 Å². The van der Waals surface area contributed by atoms with Crippen LogP contribution in [0.2, 0.25) is 0 Å². The van der Waals surface area contributed by atoms with E-state index in [1.54, 1.807) is 0 Å². The number of likely N-dealkylation sites (tertiary alicyclic amines) is 1. The van der Waals surface area contributed by atoms with Crippen molar-refractivity contribution in [2.24, 2.45) is 5.41 Å². The number of methoxy groups -OCH3 is 1. The van der Waals surface area contributed by atoms with Gasteiger partial charge < -0.3 is 14.8 Å². The largest absolute Gasteiger partial charge is 0.497 e. The minimum absolute atomic E-state index is 0.432. The summed E-state index contributed by atoms with van der Waals surface area (Å²) >= 11 is 0. The van der Waals surface area contributed by atoms with Crippen LogP contribution < -0.4 is 10.2 Å². The van der Waals surface area contributed by atoms with Crippen molar-refractivity contribution in [1.82, 2.24) is 4.90 Å². The van der Waals surface area contributed by atoms with Crippen LogP contribution in [0.5, 0.6) is 5.75 Å². The van der Waals surface area contributed by atoms with Crippen LogP contribution in [0, 0.1) is 5.41 Å². The van der Waals surface area contributed by atoms with Gasteiger partial charge in [0.15, 0.2) is 0 Å². The Hall–Kier alpha value is -1.04. The SMILES string of the molecule is COc1ccc(CN2CCCC(C)(C)CC2)cc1B(O)O. The average Bonchev–Trinajstić information content (AvgIpc) is 2.60. The Morgan fingerprint density at radius 2 is 2.00 bits per heavy atom. The summed E-state index contributed by atoms with van der Waals surface area (Å²) in [6, 6.07) is 5.64. The van der Waals surface area contributed by atoms with Gasteiger partial charge in [-0.3, -0.25) is 4.90 Å². The van der Waals surface area contributed by atoms with Gasteiger partial charge in [-0.1, -0.05) is 26.0 Å². The van der Waals surface area contributed by atoms with Crippen LogP contribution in [-0.4, -0.2) is 42.3 Å². The van der Waals surface area contributed by atoms with E-state index in [0.29, 0.717) is 16.6 Å². The molecule has 0 amide bonds. The predicted octanol–water partition coefficient (Wildman–Crippen LogP) is 1.39. The summed E-state index contributed by atoms with van der Waals surface area (Å²) < 4.78 is 5.17. The molecule has 1 aromatic rings. The predicted molar refractivity (Wildman–Crippen MR) is 85.7 cm³/mol. The molecule has 21 heavy (non-hydrogen) atoms. The number of ether oxygens (including phenoxy) is 1. The Bertz CT molecular complexity index is 477. The molecule has 116 valence electrons. The minimum Gasteiger partial charge on any atom is -0.497 e. The summed E-state index contributed by atoms with van der Waals surface area (Å²) in [6.07, 6.45) is 3.70.